The molecule has 1 aromatic carbocycles. The van der Waals surface area contributed by atoms with Crippen LogP contribution in [0.4, 0.5) is 4.39 Å². The molecule has 0 unspecified atom stereocenters. The van der Waals surface area contributed by atoms with Crippen LogP contribution in [0.1, 0.15) is 28.6 Å². The van der Waals surface area contributed by atoms with Gasteiger partial charge in [-0.15, -0.1) is 21.5 Å². The van der Waals surface area contributed by atoms with Gasteiger partial charge in [-0.2, -0.15) is 0 Å². The average molecular weight is 318 g/mol. The Bertz CT molecular complexity index is 768. The Morgan fingerprint density at radius 3 is 2.73 bits per heavy atom. The van der Waals surface area contributed by atoms with Gasteiger partial charge in [0.25, 0.3) is 5.89 Å². The van der Waals surface area contributed by atoms with Crippen molar-refractivity contribution in [3.8, 4) is 11.5 Å². The number of thiophene rings is 1. The fourth-order valence-electron chi connectivity index (χ4n) is 1.77. The van der Waals surface area contributed by atoms with Crippen LogP contribution in [-0.2, 0) is 4.74 Å². The summed E-state index contributed by atoms with van der Waals surface area (Å²) >= 11 is 1.29. The minimum atomic E-state index is -0.670. The van der Waals surface area contributed by atoms with E-state index in [0.29, 0.717) is 10.4 Å². The summed E-state index contributed by atoms with van der Waals surface area (Å²) < 4.78 is 23.6. The van der Waals surface area contributed by atoms with Crippen molar-refractivity contribution >= 4 is 17.3 Å². The van der Waals surface area contributed by atoms with Crippen molar-refractivity contribution in [1.82, 2.24) is 10.2 Å². The van der Waals surface area contributed by atoms with Gasteiger partial charge in [0.05, 0.1) is 0 Å². The van der Waals surface area contributed by atoms with E-state index in [1.165, 1.54) is 35.6 Å². The third kappa shape index (κ3) is 3.04. The van der Waals surface area contributed by atoms with Crippen molar-refractivity contribution in [2.75, 3.05) is 0 Å². The number of aromatic nitrogens is 2. The SMILES string of the molecule is C[C@@H](OC(=O)c1cccs1)c1nnc(-c2ccc(F)cc2)o1. The van der Waals surface area contributed by atoms with Crippen LogP contribution in [-0.4, -0.2) is 16.2 Å². The Morgan fingerprint density at radius 1 is 1.27 bits per heavy atom. The van der Waals surface area contributed by atoms with E-state index in [2.05, 4.69) is 10.2 Å². The number of benzene rings is 1. The average Bonchev–Trinajstić information content (AvgIpc) is 3.20. The molecule has 112 valence electrons. The van der Waals surface area contributed by atoms with Gasteiger partial charge in [0.15, 0.2) is 6.10 Å². The summed E-state index contributed by atoms with van der Waals surface area (Å²) in [6.45, 7) is 1.65. The zero-order chi connectivity index (χ0) is 15.5. The molecule has 0 aliphatic heterocycles. The van der Waals surface area contributed by atoms with Crippen LogP contribution in [0.25, 0.3) is 11.5 Å². The molecule has 2 aromatic heterocycles. The standard InChI is InChI=1S/C15H11FN2O3S/c1-9(20-15(19)12-3-2-8-22-12)13-17-18-14(21-13)10-4-6-11(16)7-5-10/h2-9H,1H3/t9-/m1/s1. The number of halogens is 1. The zero-order valence-corrected chi connectivity index (χ0v) is 12.3. The molecule has 0 amide bonds. The number of hydrogen-bond donors (Lipinski definition) is 0. The first-order valence-corrected chi connectivity index (χ1v) is 7.35. The first-order valence-electron chi connectivity index (χ1n) is 6.47. The zero-order valence-electron chi connectivity index (χ0n) is 11.5. The molecule has 0 aliphatic carbocycles. The van der Waals surface area contributed by atoms with Gasteiger partial charge in [0.1, 0.15) is 10.7 Å². The molecule has 0 aliphatic rings. The number of carbonyl (C=O) groups is 1. The highest BCUT2D eigenvalue weighted by Crippen LogP contribution is 2.23. The second-order valence-corrected chi connectivity index (χ2v) is 5.42. The third-order valence-corrected chi connectivity index (χ3v) is 3.74. The smallest absolute Gasteiger partial charge is 0.349 e. The fraction of sp³-hybridized carbons (Fsp3) is 0.133. The highest BCUT2D eigenvalue weighted by atomic mass is 32.1. The van der Waals surface area contributed by atoms with Gasteiger partial charge in [-0.25, -0.2) is 9.18 Å². The predicted molar refractivity (Wildman–Crippen MR) is 77.8 cm³/mol. The van der Waals surface area contributed by atoms with E-state index in [-0.39, 0.29) is 17.6 Å². The summed E-state index contributed by atoms with van der Waals surface area (Å²) in [7, 11) is 0. The van der Waals surface area contributed by atoms with Crippen LogP contribution in [0.5, 0.6) is 0 Å². The van der Waals surface area contributed by atoms with Crippen LogP contribution in [0.2, 0.25) is 0 Å². The summed E-state index contributed by atoms with van der Waals surface area (Å²) in [5.74, 6) is -0.357. The minimum absolute atomic E-state index is 0.184. The first kappa shape index (κ1) is 14.4. The lowest BCUT2D eigenvalue weighted by molar-refractivity contribution is 0.0285. The summed E-state index contributed by atoms with van der Waals surface area (Å²) in [6, 6.07) is 9.13. The van der Waals surface area contributed by atoms with Crippen molar-refractivity contribution in [3.63, 3.8) is 0 Å². The van der Waals surface area contributed by atoms with Crippen LogP contribution in [0.15, 0.2) is 46.2 Å². The Kier molecular flexibility index (Phi) is 3.97. The molecule has 0 saturated carbocycles. The van der Waals surface area contributed by atoms with E-state index in [1.54, 1.807) is 24.4 Å². The van der Waals surface area contributed by atoms with Crippen molar-refractivity contribution in [2.45, 2.75) is 13.0 Å². The minimum Gasteiger partial charge on any atom is -0.448 e. The maximum absolute atomic E-state index is 12.9. The Hall–Kier alpha value is -2.54. The topological polar surface area (TPSA) is 65.2 Å². The lowest BCUT2D eigenvalue weighted by Crippen LogP contribution is -2.08. The molecule has 3 aromatic rings. The molecule has 0 radical (unpaired) electrons. The van der Waals surface area contributed by atoms with Gasteiger partial charge >= 0.3 is 5.97 Å². The Morgan fingerprint density at radius 2 is 2.05 bits per heavy atom. The van der Waals surface area contributed by atoms with E-state index in [4.69, 9.17) is 9.15 Å². The molecule has 7 heteroatoms. The van der Waals surface area contributed by atoms with Gasteiger partial charge in [-0.1, -0.05) is 6.07 Å². The van der Waals surface area contributed by atoms with E-state index in [0.717, 1.165) is 0 Å². The molecule has 2 heterocycles. The van der Waals surface area contributed by atoms with Crippen molar-refractivity contribution in [2.24, 2.45) is 0 Å². The highest BCUT2D eigenvalue weighted by molar-refractivity contribution is 7.11. The van der Waals surface area contributed by atoms with Crippen LogP contribution >= 0.6 is 11.3 Å². The highest BCUT2D eigenvalue weighted by Gasteiger charge is 2.20. The van der Waals surface area contributed by atoms with E-state index < -0.39 is 12.1 Å². The maximum Gasteiger partial charge on any atom is 0.349 e. The second-order valence-electron chi connectivity index (χ2n) is 4.48. The molecule has 1 atom stereocenters. The number of ether oxygens (including phenoxy) is 1. The summed E-state index contributed by atoms with van der Waals surface area (Å²) in [6.07, 6.45) is -0.670. The predicted octanol–water partition coefficient (Wildman–Crippen LogP) is 3.86. The normalized spacial score (nSPS) is 12.1. The van der Waals surface area contributed by atoms with Gasteiger partial charge in [0.2, 0.25) is 5.89 Å². The van der Waals surface area contributed by atoms with Crippen molar-refractivity contribution in [1.29, 1.82) is 0 Å². The molecule has 0 saturated heterocycles. The number of rotatable bonds is 4. The Labute approximate surface area is 129 Å². The first-order chi connectivity index (χ1) is 10.6. The molecular weight excluding hydrogens is 307 g/mol. The van der Waals surface area contributed by atoms with Gasteiger partial charge in [-0.3, -0.25) is 0 Å². The lowest BCUT2D eigenvalue weighted by atomic mass is 10.2. The van der Waals surface area contributed by atoms with Gasteiger partial charge in [-0.05, 0) is 42.6 Å². The molecule has 22 heavy (non-hydrogen) atoms. The Balaban J connectivity index is 1.73. The lowest BCUT2D eigenvalue weighted by Gasteiger charge is -2.07. The van der Waals surface area contributed by atoms with Crippen LogP contribution in [0, 0.1) is 5.82 Å². The quantitative estimate of drug-likeness (QED) is 0.684. The van der Waals surface area contributed by atoms with Crippen LogP contribution < -0.4 is 0 Å². The molecular formula is C15H11FN2O3S. The van der Waals surface area contributed by atoms with E-state index >= 15 is 0 Å². The molecule has 3 rings (SSSR count). The van der Waals surface area contributed by atoms with Crippen molar-refractivity contribution in [3.05, 3.63) is 58.4 Å². The molecule has 5 nitrogen and oxygen atoms in total. The van der Waals surface area contributed by atoms with Gasteiger partial charge in [0, 0.05) is 5.56 Å². The third-order valence-electron chi connectivity index (χ3n) is 2.89. The molecule has 0 spiro atoms. The van der Waals surface area contributed by atoms with E-state index in [9.17, 15) is 9.18 Å². The van der Waals surface area contributed by atoms with Crippen molar-refractivity contribution < 1.29 is 18.3 Å². The summed E-state index contributed by atoms with van der Waals surface area (Å²) in [5.41, 5.74) is 0.594. The van der Waals surface area contributed by atoms with E-state index in [1.807, 2.05) is 0 Å². The molecule has 0 fully saturated rings. The number of hydrogen-bond acceptors (Lipinski definition) is 6. The largest absolute Gasteiger partial charge is 0.448 e. The maximum atomic E-state index is 12.9. The second kappa shape index (κ2) is 6.07. The van der Waals surface area contributed by atoms with Crippen LogP contribution in [0.3, 0.4) is 0 Å². The molecule has 0 bridgehead atoms. The fourth-order valence-corrected chi connectivity index (χ4v) is 2.38. The number of carbonyl (C=O) groups excluding carboxylic acids is 1. The summed E-state index contributed by atoms with van der Waals surface area (Å²) in [5, 5.41) is 9.54. The van der Waals surface area contributed by atoms with Gasteiger partial charge < -0.3 is 9.15 Å². The summed E-state index contributed by atoms with van der Waals surface area (Å²) in [4.78, 5) is 12.4. The number of nitrogens with zero attached hydrogens (tertiary/aromatic N) is 2. The molecule has 0 N–H and O–H groups in total. The number of esters is 1. The monoisotopic (exact) mass is 318 g/mol.